The maximum absolute atomic E-state index is 10.5. The summed E-state index contributed by atoms with van der Waals surface area (Å²) in [5, 5.41) is 1.06. The molecule has 0 atom stereocenters. The molecule has 1 aliphatic heterocycles. The van der Waals surface area contributed by atoms with E-state index in [-0.39, 0.29) is 12.4 Å². The van der Waals surface area contributed by atoms with Gasteiger partial charge in [0.2, 0.25) is 0 Å². The number of primary amides is 1. The van der Waals surface area contributed by atoms with Crippen molar-refractivity contribution >= 4 is 18.4 Å². The Hall–Kier alpha value is -1.16. The van der Waals surface area contributed by atoms with Gasteiger partial charge in [-0.3, -0.25) is 0 Å². The van der Waals surface area contributed by atoms with Crippen LogP contribution >= 0.6 is 12.4 Å². The molecule has 0 aromatic heterocycles. The van der Waals surface area contributed by atoms with Gasteiger partial charge in [0, 0.05) is 0 Å². The fraction of sp³-hybridized carbons (Fsp3) is 0.167. The van der Waals surface area contributed by atoms with Gasteiger partial charge < -0.3 is 10.6 Å². The highest BCUT2D eigenvalue weighted by Crippen LogP contribution is 1.96. The van der Waals surface area contributed by atoms with E-state index in [2.05, 4.69) is 0 Å². The molecule has 1 heterocycles. The quantitative estimate of drug-likeness (QED) is 0.594. The van der Waals surface area contributed by atoms with Crippen molar-refractivity contribution in [3.8, 4) is 0 Å². The lowest BCUT2D eigenvalue weighted by atomic mass is 10.5. The first-order chi connectivity index (χ1) is 4.80. The van der Waals surface area contributed by atoms with Gasteiger partial charge in [-0.25, -0.2) is 4.79 Å². The van der Waals surface area contributed by atoms with Crippen LogP contribution in [0.2, 0.25) is 0 Å². The molecule has 2 amide bonds. The number of rotatable bonds is 0. The van der Waals surface area contributed by atoms with Crippen LogP contribution in [0.25, 0.3) is 0 Å². The van der Waals surface area contributed by atoms with Gasteiger partial charge in [0.25, 0.3) is 0 Å². The van der Waals surface area contributed by atoms with E-state index in [1.165, 1.54) is 6.26 Å². The molecule has 62 valence electrons. The van der Waals surface area contributed by atoms with E-state index in [9.17, 15) is 4.79 Å². The number of carbonyl (C=O) groups excluding carboxylic acids is 1. The lowest BCUT2D eigenvalue weighted by Gasteiger charge is -2.13. The first-order valence-electron chi connectivity index (χ1n) is 2.86. The summed E-state index contributed by atoms with van der Waals surface area (Å²) < 4.78 is 0. The van der Waals surface area contributed by atoms with Crippen LogP contribution in [0.3, 0.4) is 0 Å². The number of urea groups is 1. The number of hydrogen-bond acceptors (Lipinski definition) is 2. The van der Waals surface area contributed by atoms with E-state index in [1.807, 2.05) is 0 Å². The van der Waals surface area contributed by atoms with Crippen molar-refractivity contribution in [2.75, 3.05) is 6.54 Å². The predicted molar refractivity (Wildman–Crippen MR) is 42.9 cm³/mol. The zero-order chi connectivity index (χ0) is 7.40. The third-order valence-corrected chi connectivity index (χ3v) is 1.03. The fourth-order valence-electron chi connectivity index (χ4n) is 0.574. The fourth-order valence-corrected chi connectivity index (χ4v) is 0.574. The first kappa shape index (κ1) is 9.84. The lowest BCUT2D eigenvalue weighted by Crippen LogP contribution is -2.34. The molecule has 4 nitrogen and oxygen atoms in total. The molecule has 0 aromatic rings. The Morgan fingerprint density at radius 1 is 1.55 bits per heavy atom. The van der Waals surface area contributed by atoms with E-state index < -0.39 is 6.03 Å². The van der Waals surface area contributed by atoms with Crippen molar-refractivity contribution in [2.45, 2.75) is 0 Å². The minimum Gasteiger partial charge on any atom is -0.383 e. The molecule has 1 rings (SSSR count). The number of nitrogens with zero attached hydrogens (tertiary/aromatic N) is 1. The zero-order valence-corrected chi connectivity index (χ0v) is 6.58. The maximum Gasteiger partial charge on any atom is 0.348 e. The van der Waals surface area contributed by atoms with E-state index in [1.54, 1.807) is 18.2 Å². The zero-order valence-electron chi connectivity index (χ0n) is 5.77. The maximum atomic E-state index is 10.5. The third kappa shape index (κ3) is 2.95. The molecule has 0 saturated heterocycles. The Morgan fingerprint density at radius 3 is 2.91 bits per heavy atom. The number of hydroxylamine groups is 2. The number of hydrogen-bond donors (Lipinski definition) is 1. The molecule has 11 heavy (non-hydrogen) atoms. The number of nitrogens with two attached hydrogens (primary N) is 1. The molecule has 0 bridgehead atoms. The topological polar surface area (TPSA) is 55.6 Å². The van der Waals surface area contributed by atoms with Crippen molar-refractivity contribution in [3.63, 3.8) is 0 Å². The SMILES string of the molecule is Cl.NC(=O)N1CC=CC=CO1. The van der Waals surface area contributed by atoms with Gasteiger partial charge in [0.15, 0.2) is 0 Å². The largest absolute Gasteiger partial charge is 0.383 e. The normalized spacial score (nSPS) is 14.7. The molecular formula is C6H9ClN2O2. The summed E-state index contributed by atoms with van der Waals surface area (Å²) in [7, 11) is 0. The Kier molecular flexibility index (Phi) is 4.14. The average Bonchev–Trinajstić information content (AvgIpc) is 2.12. The third-order valence-electron chi connectivity index (χ3n) is 1.03. The summed E-state index contributed by atoms with van der Waals surface area (Å²) in [5.74, 6) is 0. The number of amides is 2. The Labute approximate surface area is 70.7 Å². The minimum absolute atomic E-state index is 0. The van der Waals surface area contributed by atoms with Crippen LogP contribution in [-0.4, -0.2) is 17.6 Å². The summed E-state index contributed by atoms with van der Waals surface area (Å²) in [6, 6.07) is -0.587. The molecule has 0 fully saturated rings. The smallest absolute Gasteiger partial charge is 0.348 e. The molecule has 0 spiro atoms. The van der Waals surface area contributed by atoms with Crippen molar-refractivity contribution in [3.05, 3.63) is 24.5 Å². The van der Waals surface area contributed by atoms with Crippen LogP contribution in [0.15, 0.2) is 24.5 Å². The molecule has 0 radical (unpaired) electrons. The van der Waals surface area contributed by atoms with Crippen molar-refractivity contribution in [1.82, 2.24) is 5.06 Å². The molecule has 0 aromatic carbocycles. The van der Waals surface area contributed by atoms with Crippen LogP contribution in [0.1, 0.15) is 0 Å². The van der Waals surface area contributed by atoms with E-state index in [0.717, 1.165) is 5.06 Å². The second-order valence-electron chi connectivity index (χ2n) is 1.76. The molecule has 0 aliphatic carbocycles. The summed E-state index contributed by atoms with van der Waals surface area (Å²) in [4.78, 5) is 15.2. The van der Waals surface area contributed by atoms with Crippen molar-refractivity contribution in [1.29, 1.82) is 0 Å². The van der Waals surface area contributed by atoms with Gasteiger partial charge in [-0.1, -0.05) is 12.2 Å². The second-order valence-corrected chi connectivity index (χ2v) is 1.76. The van der Waals surface area contributed by atoms with Gasteiger partial charge in [0.1, 0.15) is 6.26 Å². The standard InChI is InChI=1S/C6H8N2O2.ClH/c7-6(9)8-4-2-1-3-5-10-8;/h1-3,5H,4H2,(H2,7,9);1H. The van der Waals surface area contributed by atoms with Crippen LogP contribution in [-0.2, 0) is 4.84 Å². The Bertz CT molecular complexity index is 177. The number of allylic oxidation sites excluding steroid dienone is 2. The minimum atomic E-state index is -0.587. The average molecular weight is 177 g/mol. The van der Waals surface area contributed by atoms with Gasteiger partial charge >= 0.3 is 6.03 Å². The predicted octanol–water partition coefficient (Wildman–Crippen LogP) is 0.804. The van der Waals surface area contributed by atoms with E-state index in [4.69, 9.17) is 10.6 Å². The highest BCUT2D eigenvalue weighted by Gasteiger charge is 2.06. The highest BCUT2D eigenvalue weighted by molar-refractivity contribution is 5.85. The van der Waals surface area contributed by atoms with Gasteiger partial charge in [-0.15, -0.1) is 12.4 Å². The monoisotopic (exact) mass is 176 g/mol. The van der Waals surface area contributed by atoms with Gasteiger partial charge in [0.05, 0.1) is 6.54 Å². The van der Waals surface area contributed by atoms with Crippen LogP contribution < -0.4 is 5.73 Å². The lowest BCUT2D eigenvalue weighted by molar-refractivity contribution is -0.0430. The van der Waals surface area contributed by atoms with Crippen LogP contribution in [0.4, 0.5) is 4.79 Å². The molecule has 0 unspecified atom stereocenters. The van der Waals surface area contributed by atoms with Crippen molar-refractivity contribution < 1.29 is 9.63 Å². The molecule has 2 N–H and O–H groups in total. The summed E-state index contributed by atoms with van der Waals surface area (Å²) in [6.45, 7) is 0.391. The number of carbonyl (C=O) groups is 1. The number of halogens is 1. The summed E-state index contributed by atoms with van der Waals surface area (Å²) >= 11 is 0. The van der Waals surface area contributed by atoms with Crippen LogP contribution in [0, 0.1) is 0 Å². The Balaban J connectivity index is 0.000001000. The highest BCUT2D eigenvalue weighted by atomic mass is 35.5. The van der Waals surface area contributed by atoms with Crippen LogP contribution in [0.5, 0.6) is 0 Å². The van der Waals surface area contributed by atoms with Gasteiger partial charge in [-0.05, 0) is 6.08 Å². The Morgan fingerprint density at radius 2 is 2.27 bits per heavy atom. The van der Waals surface area contributed by atoms with Gasteiger partial charge in [-0.2, -0.15) is 5.06 Å². The summed E-state index contributed by atoms with van der Waals surface area (Å²) in [6.07, 6.45) is 6.63. The summed E-state index contributed by atoms with van der Waals surface area (Å²) in [5.41, 5.74) is 4.93. The van der Waals surface area contributed by atoms with E-state index in [0.29, 0.717) is 6.54 Å². The molecular weight excluding hydrogens is 168 g/mol. The first-order valence-corrected chi connectivity index (χ1v) is 2.86. The van der Waals surface area contributed by atoms with Crippen molar-refractivity contribution in [2.24, 2.45) is 5.73 Å². The molecule has 0 saturated carbocycles. The molecule has 1 aliphatic rings. The second kappa shape index (κ2) is 4.62. The van der Waals surface area contributed by atoms with E-state index >= 15 is 0 Å². The molecule has 5 heteroatoms.